The standard InChI is InChI=1S/C22H25F3N5O2P/c1-6-26-21(31)22(24,25)16-9-7-8-14(19(16)23)12(2)28-20-15-10-18(33(4,5)32)27-11-17(15)29-13(3)30-20/h7-12H,6H2,1-5H3,(H,26,31)(H,28,29,30)/t12-/m1/s1. The molecule has 1 aromatic carbocycles. The lowest BCUT2D eigenvalue weighted by Crippen LogP contribution is -2.38. The van der Waals surface area contributed by atoms with Gasteiger partial charge in [-0.2, -0.15) is 8.78 Å². The van der Waals surface area contributed by atoms with Gasteiger partial charge in [0.05, 0.1) is 23.3 Å². The Hall–Kier alpha value is -3.00. The first-order chi connectivity index (χ1) is 15.4. The van der Waals surface area contributed by atoms with Crippen LogP contribution in [0.5, 0.6) is 0 Å². The molecule has 7 nitrogen and oxygen atoms in total. The number of halogens is 3. The number of amides is 1. The molecule has 11 heteroatoms. The molecule has 2 heterocycles. The Kier molecular flexibility index (Phi) is 6.79. The number of hydrogen-bond donors (Lipinski definition) is 2. The van der Waals surface area contributed by atoms with E-state index in [1.165, 1.54) is 25.3 Å². The van der Waals surface area contributed by atoms with E-state index in [1.54, 1.807) is 33.2 Å². The van der Waals surface area contributed by atoms with E-state index in [-0.39, 0.29) is 12.1 Å². The summed E-state index contributed by atoms with van der Waals surface area (Å²) in [6, 6.07) is 4.34. The summed E-state index contributed by atoms with van der Waals surface area (Å²) in [5.74, 6) is -6.04. The minimum absolute atomic E-state index is 0.00682. The van der Waals surface area contributed by atoms with Crippen molar-refractivity contribution in [1.82, 2.24) is 20.3 Å². The average Bonchev–Trinajstić information content (AvgIpc) is 2.72. The van der Waals surface area contributed by atoms with Gasteiger partial charge in [-0.15, -0.1) is 0 Å². The van der Waals surface area contributed by atoms with Crippen LogP contribution in [0.4, 0.5) is 19.0 Å². The van der Waals surface area contributed by atoms with Crippen LogP contribution < -0.4 is 16.1 Å². The third-order valence-electron chi connectivity index (χ3n) is 5.04. The molecule has 176 valence electrons. The predicted molar refractivity (Wildman–Crippen MR) is 122 cm³/mol. The second kappa shape index (κ2) is 9.09. The Morgan fingerprint density at radius 2 is 1.94 bits per heavy atom. The Morgan fingerprint density at radius 1 is 1.24 bits per heavy atom. The van der Waals surface area contributed by atoms with Gasteiger partial charge in [-0.3, -0.25) is 9.78 Å². The van der Waals surface area contributed by atoms with Gasteiger partial charge in [-0.25, -0.2) is 14.4 Å². The number of anilines is 1. The summed E-state index contributed by atoms with van der Waals surface area (Å²) < 4.78 is 56.8. The lowest BCUT2D eigenvalue weighted by molar-refractivity contribution is -0.147. The van der Waals surface area contributed by atoms with Crippen LogP contribution in [0.3, 0.4) is 0 Å². The number of pyridine rings is 1. The van der Waals surface area contributed by atoms with Crippen LogP contribution in [0, 0.1) is 12.7 Å². The first-order valence-corrected chi connectivity index (χ1v) is 12.9. The van der Waals surface area contributed by atoms with E-state index < -0.39 is 36.4 Å². The molecule has 33 heavy (non-hydrogen) atoms. The number of rotatable bonds is 7. The minimum atomic E-state index is -4.03. The van der Waals surface area contributed by atoms with Crippen LogP contribution in [-0.4, -0.2) is 40.7 Å². The second-order valence-corrected chi connectivity index (χ2v) is 11.2. The molecule has 2 aromatic heterocycles. The zero-order valence-electron chi connectivity index (χ0n) is 18.9. The SMILES string of the molecule is CCNC(=O)C(F)(F)c1cccc([C@@H](C)Nc2nc(C)nc3cnc(P(C)(C)=O)cc23)c1F. The van der Waals surface area contributed by atoms with Crippen LogP contribution >= 0.6 is 7.14 Å². The van der Waals surface area contributed by atoms with Crippen molar-refractivity contribution in [2.24, 2.45) is 0 Å². The van der Waals surface area contributed by atoms with Gasteiger partial charge in [0.1, 0.15) is 30.0 Å². The zero-order valence-corrected chi connectivity index (χ0v) is 19.8. The molecule has 0 aliphatic carbocycles. The monoisotopic (exact) mass is 479 g/mol. The van der Waals surface area contributed by atoms with Crippen molar-refractivity contribution in [3.8, 4) is 0 Å². The van der Waals surface area contributed by atoms with Crippen molar-refractivity contribution in [3.05, 3.63) is 53.2 Å². The van der Waals surface area contributed by atoms with Crippen LogP contribution in [0.15, 0.2) is 30.5 Å². The summed E-state index contributed by atoms with van der Waals surface area (Å²) in [7, 11) is -2.67. The molecule has 3 rings (SSSR count). The molecular weight excluding hydrogens is 454 g/mol. The summed E-state index contributed by atoms with van der Waals surface area (Å²) >= 11 is 0. The number of likely N-dealkylation sites (N-methyl/N-ethyl adjacent to an activating group) is 1. The highest BCUT2D eigenvalue weighted by Gasteiger charge is 2.43. The lowest BCUT2D eigenvalue weighted by Gasteiger charge is -2.21. The molecule has 1 amide bonds. The Morgan fingerprint density at radius 3 is 2.58 bits per heavy atom. The molecular formula is C22H25F3N5O2P. The third kappa shape index (κ3) is 5.00. The molecule has 0 saturated heterocycles. The maximum absolute atomic E-state index is 15.2. The van der Waals surface area contributed by atoms with E-state index in [1.807, 2.05) is 5.32 Å². The largest absolute Gasteiger partial charge is 0.363 e. The van der Waals surface area contributed by atoms with Gasteiger partial charge < -0.3 is 15.2 Å². The van der Waals surface area contributed by atoms with E-state index in [4.69, 9.17) is 0 Å². The quantitative estimate of drug-likeness (QED) is 0.495. The van der Waals surface area contributed by atoms with Crippen LogP contribution in [0.1, 0.15) is 36.8 Å². The van der Waals surface area contributed by atoms with Gasteiger partial charge in [-0.1, -0.05) is 12.1 Å². The number of aryl methyl sites for hydroxylation is 1. The maximum Gasteiger partial charge on any atom is 0.352 e. The number of alkyl halides is 2. The number of fused-ring (bicyclic) bond motifs is 1. The summed E-state index contributed by atoms with van der Waals surface area (Å²) in [5, 5.41) is 5.59. The molecule has 0 spiro atoms. The Balaban J connectivity index is 2.04. The normalized spacial score (nSPS) is 13.1. The van der Waals surface area contributed by atoms with E-state index in [0.29, 0.717) is 28.0 Å². The fourth-order valence-electron chi connectivity index (χ4n) is 3.35. The predicted octanol–water partition coefficient (Wildman–Crippen LogP) is 4.12. The molecule has 0 fully saturated rings. The van der Waals surface area contributed by atoms with Crippen molar-refractivity contribution >= 4 is 35.2 Å². The second-order valence-electron chi connectivity index (χ2n) is 8.04. The highest BCUT2D eigenvalue weighted by atomic mass is 31.2. The molecule has 0 unspecified atom stereocenters. The molecule has 0 radical (unpaired) electrons. The van der Waals surface area contributed by atoms with E-state index in [2.05, 4.69) is 20.3 Å². The van der Waals surface area contributed by atoms with Crippen molar-refractivity contribution in [2.75, 3.05) is 25.2 Å². The molecule has 0 aliphatic rings. The Labute approximate surface area is 189 Å². The number of nitrogens with zero attached hydrogens (tertiary/aromatic N) is 3. The van der Waals surface area contributed by atoms with Crippen LogP contribution in [-0.2, 0) is 15.3 Å². The zero-order chi connectivity index (χ0) is 24.6. The molecule has 0 bridgehead atoms. The summed E-state index contributed by atoms with van der Waals surface area (Å²) in [6.45, 7) is 7.92. The number of benzene rings is 1. The van der Waals surface area contributed by atoms with E-state index >= 15 is 4.39 Å². The topological polar surface area (TPSA) is 96.9 Å². The molecule has 0 saturated carbocycles. The highest BCUT2D eigenvalue weighted by molar-refractivity contribution is 7.69. The Bertz CT molecular complexity index is 1260. The van der Waals surface area contributed by atoms with Crippen molar-refractivity contribution < 1.29 is 22.5 Å². The molecule has 2 N–H and O–H groups in total. The van der Waals surface area contributed by atoms with Crippen molar-refractivity contribution in [1.29, 1.82) is 0 Å². The number of nitrogens with one attached hydrogen (secondary N) is 2. The smallest absolute Gasteiger partial charge is 0.352 e. The summed E-state index contributed by atoms with van der Waals surface area (Å²) in [5.41, 5.74) is -0.196. The van der Waals surface area contributed by atoms with E-state index in [9.17, 15) is 18.1 Å². The number of carbonyl (C=O) groups is 1. The molecule has 1 atom stereocenters. The third-order valence-corrected chi connectivity index (χ3v) is 6.39. The van der Waals surface area contributed by atoms with Crippen LogP contribution in [0.25, 0.3) is 10.9 Å². The van der Waals surface area contributed by atoms with Gasteiger partial charge >= 0.3 is 5.92 Å². The molecule has 0 aliphatic heterocycles. The molecule has 3 aromatic rings. The van der Waals surface area contributed by atoms with Gasteiger partial charge in [0.25, 0.3) is 5.91 Å². The van der Waals surface area contributed by atoms with Gasteiger partial charge in [-0.05, 0) is 46.2 Å². The van der Waals surface area contributed by atoms with Gasteiger partial charge in [0, 0.05) is 17.5 Å². The van der Waals surface area contributed by atoms with E-state index in [0.717, 1.165) is 6.07 Å². The van der Waals surface area contributed by atoms with Gasteiger partial charge in [0.15, 0.2) is 0 Å². The van der Waals surface area contributed by atoms with Crippen LogP contribution in [0.2, 0.25) is 0 Å². The number of hydrogen-bond acceptors (Lipinski definition) is 6. The summed E-state index contributed by atoms with van der Waals surface area (Å²) in [6.07, 6.45) is 1.49. The van der Waals surface area contributed by atoms with Crippen molar-refractivity contribution in [3.63, 3.8) is 0 Å². The number of carbonyl (C=O) groups excluding carboxylic acids is 1. The van der Waals surface area contributed by atoms with Crippen molar-refractivity contribution in [2.45, 2.75) is 32.7 Å². The summed E-state index contributed by atoms with van der Waals surface area (Å²) in [4.78, 5) is 24.7. The maximum atomic E-state index is 15.2. The first-order valence-electron chi connectivity index (χ1n) is 10.3. The lowest BCUT2D eigenvalue weighted by atomic mass is 9.99. The average molecular weight is 479 g/mol. The highest BCUT2D eigenvalue weighted by Crippen LogP contribution is 2.36. The number of aromatic nitrogens is 3. The van der Waals surface area contributed by atoms with Gasteiger partial charge in [0.2, 0.25) is 0 Å². The fraction of sp³-hybridized carbons (Fsp3) is 0.364. The minimum Gasteiger partial charge on any atom is -0.363 e. The first kappa shape index (κ1) is 24.6. The fourth-order valence-corrected chi connectivity index (χ4v) is 4.12.